The minimum absolute atomic E-state index is 0.463. The Hall–Kier alpha value is -8.31. The molecule has 0 fully saturated rings. The number of nitrogens with zero attached hydrogens (tertiary/aromatic N) is 3. The first-order chi connectivity index (χ1) is 32.7. The predicted octanol–water partition coefficient (Wildman–Crippen LogP) is 15.9. The molecular formula is C62H39N3S. The molecule has 0 amide bonds. The highest BCUT2D eigenvalue weighted by Crippen LogP contribution is 2.64. The van der Waals surface area contributed by atoms with E-state index >= 15 is 0 Å². The molecule has 66 heavy (non-hydrogen) atoms. The predicted molar refractivity (Wildman–Crippen MR) is 272 cm³/mol. The monoisotopic (exact) mass is 857 g/mol. The Labute approximate surface area is 388 Å². The summed E-state index contributed by atoms with van der Waals surface area (Å²) in [6, 6.07) is 82.8. The molecule has 11 aromatic rings. The molecule has 2 heterocycles. The van der Waals surface area contributed by atoms with Crippen molar-refractivity contribution in [1.82, 2.24) is 15.0 Å². The molecule has 3 nitrogen and oxygen atoms in total. The summed E-state index contributed by atoms with van der Waals surface area (Å²) in [5.74, 6) is 1.85. The smallest absolute Gasteiger partial charge is 0.164 e. The number of aromatic nitrogens is 3. The van der Waals surface area contributed by atoms with Crippen LogP contribution < -0.4 is 0 Å². The van der Waals surface area contributed by atoms with Gasteiger partial charge in [0.15, 0.2) is 17.5 Å². The highest BCUT2D eigenvalue weighted by Gasteiger charge is 2.52. The molecule has 9 aromatic carbocycles. The summed E-state index contributed by atoms with van der Waals surface area (Å²) in [7, 11) is 0. The van der Waals surface area contributed by atoms with E-state index in [0.717, 1.165) is 61.2 Å². The van der Waals surface area contributed by atoms with E-state index in [0.29, 0.717) is 17.5 Å². The minimum Gasteiger partial charge on any atom is -0.208 e. The Morgan fingerprint density at radius 2 is 0.636 bits per heavy atom. The molecule has 0 unspecified atom stereocenters. The maximum Gasteiger partial charge on any atom is 0.164 e. The fourth-order valence-corrected chi connectivity index (χ4v) is 11.4. The van der Waals surface area contributed by atoms with Crippen LogP contribution in [0.25, 0.3) is 100 Å². The molecule has 0 saturated heterocycles. The van der Waals surface area contributed by atoms with Gasteiger partial charge in [0, 0.05) is 21.6 Å². The second kappa shape index (κ2) is 15.4. The van der Waals surface area contributed by atoms with Crippen molar-refractivity contribution in [3.63, 3.8) is 0 Å². The zero-order valence-corrected chi connectivity index (χ0v) is 36.6. The summed E-state index contributed by atoms with van der Waals surface area (Å²) in [6.07, 6.45) is 0. The molecule has 0 radical (unpaired) electrons. The van der Waals surface area contributed by atoms with Crippen molar-refractivity contribution in [2.24, 2.45) is 0 Å². The van der Waals surface area contributed by atoms with Gasteiger partial charge in [0.05, 0.1) is 5.41 Å². The molecule has 308 valence electrons. The lowest BCUT2D eigenvalue weighted by Gasteiger charge is -2.30. The Balaban J connectivity index is 1.07. The van der Waals surface area contributed by atoms with Gasteiger partial charge in [-0.1, -0.05) is 182 Å². The fourth-order valence-electron chi connectivity index (χ4n) is 10.4. The van der Waals surface area contributed by atoms with E-state index in [1.54, 1.807) is 0 Å². The van der Waals surface area contributed by atoms with E-state index in [9.17, 15) is 0 Å². The molecule has 4 heteroatoms. The standard InChI is InChI=1S/C62H39N3S/c1-5-17-40(18-6-1)45-33-46(41-19-7-2-8-20-41)36-49(35-45)60-63-59(64-61(65-60)50-37-47(42-21-9-3-10-22-42)34-48(38-50)43-23-11-4-12-24-43)44-29-30-53-57(39-44)62(56-31-32-66-58(53)56)54-27-15-13-25-51(54)52-26-14-16-28-55(52)62/h1-39H. The largest absolute Gasteiger partial charge is 0.208 e. The number of benzene rings is 9. The summed E-state index contributed by atoms with van der Waals surface area (Å²) in [4.78, 5) is 17.7. The summed E-state index contributed by atoms with van der Waals surface area (Å²) in [6.45, 7) is 0. The van der Waals surface area contributed by atoms with Crippen LogP contribution in [0.4, 0.5) is 0 Å². The van der Waals surface area contributed by atoms with Crippen molar-refractivity contribution >= 4 is 11.3 Å². The fraction of sp³-hybridized carbons (Fsp3) is 0.0161. The topological polar surface area (TPSA) is 38.7 Å². The van der Waals surface area contributed by atoms with Crippen LogP contribution in [0.2, 0.25) is 0 Å². The van der Waals surface area contributed by atoms with Crippen LogP contribution in [-0.4, -0.2) is 15.0 Å². The van der Waals surface area contributed by atoms with Gasteiger partial charge in [-0.2, -0.15) is 0 Å². The average Bonchev–Trinajstić information content (AvgIpc) is 4.08. The van der Waals surface area contributed by atoms with Gasteiger partial charge in [-0.3, -0.25) is 0 Å². The Morgan fingerprint density at radius 3 is 1.08 bits per heavy atom. The second-order valence-electron chi connectivity index (χ2n) is 17.1. The van der Waals surface area contributed by atoms with Crippen molar-refractivity contribution in [3.8, 4) is 100 Å². The molecule has 0 bridgehead atoms. The number of rotatable bonds is 7. The van der Waals surface area contributed by atoms with Gasteiger partial charge in [-0.15, -0.1) is 11.3 Å². The SMILES string of the molecule is c1ccc(-c2cc(-c3ccccc3)cc(-c3nc(-c4cc(-c5ccccc5)cc(-c5ccccc5)c4)nc(-c4ccc5c(c4)C4(c6ccccc6-c6ccccc64)c4ccsc4-5)n3)c2)cc1. The van der Waals surface area contributed by atoms with Crippen LogP contribution in [0, 0.1) is 0 Å². The second-order valence-corrected chi connectivity index (χ2v) is 18.0. The molecule has 13 rings (SSSR count). The van der Waals surface area contributed by atoms with Gasteiger partial charge in [-0.25, -0.2) is 15.0 Å². The molecule has 2 aliphatic carbocycles. The third-order valence-electron chi connectivity index (χ3n) is 13.4. The van der Waals surface area contributed by atoms with Crippen LogP contribution in [0.3, 0.4) is 0 Å². The maximum absolute atomic E-state index is 5.48. The van der Waals surface area contributed by atoms with Gasteiger partial charge in [0.2, 0.25) is 0 Å². The van der Waals surface area contributed by atoms with Crippen molar-refractivity contribution in [2.75, 3.05) is 0 Å². The first-order valence-corrected chi connectivity index (χ1v) is 23.3. The third-order valence-corrected chi connectivity index (χ3v) is 14.3. The molecular weight excluding hydrogens is 819 g/mol. The maximum atomic E-state index is 5.48. The normalized spacial score (nSPS) is 12.7. The van der Waals surface area contributed by atoms with Gasteiger partial charge < -0.3 is 0 Å². The molecule has 2 aliphatic rings. The quantitative estimate of drug-likeness (QED) is 0.160. The van der Waals surface area contributed by atoms with Gasteiger partial charge in [0.25, 0.3) is 0 Å². The van der Waals surface area contributed by atoms with Crippen LogP contribution in [-0.2, 0) is 5.41 Å². The van der Waals surface area contributed by atoms with Crippen LogP contribution in [0.5, 0.6) is 0 Å². The van der Waals surface area contributed by atoms with Crippen LogP contribution in [0.15, 0.2) is 236 Å². The average molecular weight is 858 g/mol. The molecule has 0 saturated carbocycles. The van der Waals surface area contributed by atoms with E-state index in [1.807, 2.05) is 11.3 Å². The number of thiophene rings is 1. The van der Waals surface area contributed by atoms with E-state index in [2.05, 4.69) is 236 Å². The molecule has 0 N–H and O–H groups in total. The summed E-state index contributed by atoms with van der Waals surface area (Å²) in [5, 5.41) is 2.25. The van der Waals surface area contributed by atoms with Gasteiger partial charge >= 0.3 is 0 Å². The van der Waals surface area contributed by atoms with Gasteiger partial charge in [0.1, 0.15) is 0 Å². The van der Waals surface area contributed by atoms with Gasteiger partial charge in [-0.05, 0) is 137 Å². The molecule has 0 atom stereocenters. The minimum atomic E-state index is -0.463. The number of hydrogen-bond donors (Lipinski definition) is 0. The van der Waals surface area contributed by atoms with Crippen molar-refractivity contribution in [3.05, 3.63) is 258 Å². The lowest BCUT2D eigenvalue weighted by atomic mass is 9.71. The van der Waals surface area contributed by atoms with E-state index < -0.39 is 5.41 Å². The first kappa shape index (κ1) is 38.2. The zero-order chi connectivity index (χ0) is 43.6. The Bertz CT molecular complexity index is 3330. The van der Waals surface area contributed by atoms with Crippen LogP contribution >= 0.6 is 11.3 Å². The Morgan fingerprint density at radius 1 is 0.258 bits per heavy atom. The first-order valence-electron chi connectivity index (χ1n) is 22.4. The van der Waals surface area contributed by atoms with E-state index in [1.165, 1.54) is 43.8 Å². The highest BCUT2D eigenvalue weighted by molar-refractivity contribution is 7.14. The van der Waals surface area contributed by atoms with Crippen LogP contribution in [0.1, 0.15) is 22.3 Å². The molecule has 1 spiro atoms. The third kappa shape index (κ3) is 6.14. The highest BCUT2D eigenvalue weighted by atomic mass is 32.1. The van der Waals surface area contributed by atoms with Crippen molar-refractivity contribution in [2.45, 2.75) is 5.41 Å². The Kier molecular flexibility index (Phi) is 8.93. The lowest BCUT2D eigenvalue weighted by molar-refractivity contribution is 0.796. The molecule has 0 aliphatic heterocycles. The summed E-state index contributed by atoms with van der Waals surface area (Å²) < 4.78 is 0. The van der Waals surface area contributed by atoms with E-state index in [-0.39, 0.29) is 0 Å². The lowest BCUT2D eigenvalue weighted by Crippen LogP contribution is -2.25. The van der Waals surface area contributed by atoms with Crippen molar-refractivity contribution < 1.29 is 0 Å². The number of fused-ring (bicyclic) bond motifs is 10. The number of hydrogen-bond acceptors (Lipinski definition) is 4. The zero-order valence-electron chi connectivity index (χ0n) is 35.8. The summed E-state index contributed by atoms with van der Waals surface area (Å²) >= 11 is 1.82. The van der Waals surface area contributed by atoms with E-state index in [4.69, 9.17) is 15.0 Å². The summed E-state index contributed by atoms with van der Waals surface area (Å²) in [5.41, 5.74) is 20.3. The molecule has 2 aromatic heterocycles. The van der Waals surface area contributed by atoms with Crippen molar-refractivity contribution in [1.29, 1.82) is 0 Å².